The molecule has 1 aromatic carbocycles. The minimum absolute atomic E-state index is 0.182. The van der Waals surface area contributed by atoms with Crippen LogP contribution >= 0.6 is 0 Å². The van der Waals surface area contributed by atoms with Gasteiger partial charge in [-0.1, -0.05) is 53.7 Å². The molecule has 0 amide bonds. The van der Waals surface area contributed by atoms with Crippen molar-refractivity contribution in [3.8, 4) is 5.75 Å². The van der Waals surface area contributed by atoms with Gasteiger partial charge < -0.3 is 14.2 Å². The molecule has 3 heteroatoms. The molecule has 0 unspecified atom stereocenters. The number of ether oxygens (including phenoxy) is 3. The second kappa shape index (κ2) is 10.0. The average molecular weight is 337 g/mol. The highest BCUT2D eigenvalue weighted by Crippen LogP contribution is 2.24. The Hall–Kier alpha value is -1.06. The summed E-state index contributed by atoms with van der Waals surface area (Å²) in [6, 6.07) is 8.37. The van der Waals surface area contributed by atoms with Crippen LogP contribution in [-0.2, 0) is 14.9 Å². The van der Waals surface area contributed by atoms with Crippen molar-refractivity contribution in [1.82, 2.24) is 0 Å². The molecule has 1 aromatic rings. The fraction of sp³-hybridized carbons (Fsp3) is 0.714. The quantitative estimate of drug-likeness (QED) is 0.548. The van der Waals surface area contributed by atoms with Gasteiger partial charge >= 0.3 is 0 Å². The molecule has 3 nitrogen and oxygen atoms in total. The lowest BCUT2D eigenvalue weighted by Crippen LogP contribution is -2.12. The summed E-state index contributed by atoms with van der Waals surface area (Å²) in [5.41, 5.74) is 1.84. The molecular formula is C21H36O3. The van der Waals surface area contributed by atoms with Gasteiger partial charge in [-0.3, -0.25) is 0 Å². The molecule has 0 aliphatic rings. The van der Waals surface area contributed by atoms with E-state index in [0.29, 0.717) is 31.8 Å². The SMILES string of the molecule is CC(C)(C)CCOCCOCCCOc1ccc(C(C)(C)C)cc1. The zero-order chi connectivity index (χ0) is 18.1. The number of hydrogen-bond donors (Lipinski definition) is 0. The molecule has 0 saturated carbocycles. The number of hydrogen-bond acceptors (Lipinski definition) is 3. The molecule has 0 radical (unpaired) electrons. The molecule has 0 bridgehead atoms. The summed E-state index contributed by atoms with van der Waals surface area (Å²) in [6.07, 6.45) is 1.97. The molecule has 138 valence electrons. The largest absolute Gasteiger partial charge is 0.494 e. The Balaban J connectivity index is 2.01. The van der Waals surface area contributed by atoms with Crippen LogP contribution in [0.3, 0.4) is 0 Å². The molecule has 0 aromatic heterocycles. The third-order valence-electron chi connectivity index (χ3n) is 3.79. The first kappa shape index (κ1) is 21.0. The number of benzene rings is 1. The van der Waals surface area contributed by atoms with E-state index < -0.39 is 0 Å². The normalized spacial score (nSPS) is 12.4. The average Bonchev–Trinajstić information content (AvgIpc) is 2.47. The van der Waals surface area contributed by atoms with Crippen LogP contribution in [0.15, 0.2) is 24.3 Å². The molecule has 0 aliphatic carbocycles. The lowest BCUT2D eigenvalue weighted by atomic mass is 9.87. The smallest absolute Gasteiger partial charge is 0.119 e. The molecule has 0 atom stereocenters. The summed E-state index contributed by atoms with van der Waals surface area (Å²) >= 11 is 0. The van der Waals surface area contributed by atoms with Gasteiger partial charge in [-0.25, -0.2) is 0 Å². The summed E-state index contributed by atoms with van der Waals surface area (Å²) in [6.45, 7) is 16.8. The van der Waals surface area contributed by atoms with Crippen molar-refractivity contribution in [2.75, 3.05) is 33.0 Å². The van der Waals surface area contributed by atoms with E-state index in [0.717, 1.165) is 25.2 Å². The molecule has 0 N–H and O–H groups in total. The lowest BCUT2D eigenvalue weighted by molar-refractivity contribution is 0.0353. The van der Waals surface area contributed by atoms with Crippen molar-refractivity contribution < 1.29 is 14.2 Å². The van der Waals surface area contributed by atoms with Gasteiger partial charge in [0.2, 0.25) is 0 Å². The van der Waals surface area contributed by atoms with Crippen LogP contribution in [0.4, 0.5) is 0 Å². The van der Waals surface area contributed by atoms with Gasteiger partial charge in [0.1, 0.15) is 5.75 Å². The Bertz CT molecular complexity index is 438. The van der Waals surface area contributed by atoms with Crippen molar-refractivity contribution in [3.63, 3.8) is 0 Å². The van der Waals surface area contributed by atoms with Crippen molar-refractivity contribution in [2.45, 2.75) is 59.8 Å². The Morgan fingerprint density at radius 3 is 1.83 bits per heavy atom. The Morgan fingerprint density at radius 1 is 0.708 bits per heavy atom. The van der Waals surface area contributed by atoms with Crippen LogP contribution in [-0.4, -0.2) is 33.0 Å². The fourth-order valence-corrected chi connectivity index (χ4v) is 2.10. The molecule has 1 rings (SSSR count). The van der Waals surface area contributed by atoms with Crippen LogP contribution in [0.2, 0.25) is 0 Å². The first-order valence-electron chi connectivity index (χ1n) is 9.07. The summed E-state index contributed by atoms with van der Waals surface area (Å²) in [5, 5.41) is 0. The predicted molar refractivity (Wildman–Crippen MR) is 101 cm³/mol. The molecule has 0 fully saturated rings. The first-order valence-corrected chi connectivity index (χ1v) is 9.07. The Morgan fingerprint density at radius 2 is 1.29 bits per heavy atom. The molecular weight excluding hydrogens is 300 g/mol. The molecule has 0 spiro atoms. The van der Waals surface area contributed by atoms with E-state index in [1.165, 1.54) is 5.56 Å². The Labute approximate surface area is 148 Å². The van der Waals surface area contributed by atoms with Gasteiger partial charge in [0, 0.05) is 19.6 Å². The highest BCUT2D eigenvalue weighted by molar-refractivity contribution is 5.31. The minimum atomic E-state index is 0.182. The minimum Gasteiger partial charge on any atom is -0.494 e. The van der Waals surface area contributed by atoms with Crippen molar-refractivity contribution in [2.24, 2.45) is 5.41 Å². The highest BCUT2D eigenvalue weighted by Gasteiger charge is 2.12. The van der Waals surface area contributed by atoms with E-state index in [-0.39, 0.29) is 5.41 Å². The standard InChI is InChI=1S/C21H36O3/c1-20(2,3)12-15-23-17-16-22-13-7-14-24-19-10-8-18(9-11-19)21(4,5)6/h8-11H,7,12-17H2,1-6H3. The molecule has 0 saturated heterocycles. The van der Waals surface area contributed by atoms with Crippen LogP contribution in [0, 0.1) is 5.41 Å². The second-order valence-corrected chi connectivity index (χ2v) is 8.51. The first-order chi connectivity index (χ1) is 11.2. The van der Waals surface area contributed by atoms with Gasteiger partial charge in [-0.15, -0.1) is 0 Å². The molecule has 0 heterocycles. The second-order valence-electron chi connectivity index (χ2n) is 8.51. The highest BCUT2D eigenvalue weighted by atomic mass is 16.5. The van der Waals surface area contributed by atoms with Gasteiger partial charge in [0.05, 0.1) is 19.8 Å². The van der Waals surface area contributed by atoms with Crippen molar-refractivity contribution >= 4 is 0 Å². The summed E-state index contributed by atoms with van der Waals surface area (Å²) in [7, 11) is 0. The van der Waals surface area contributed by atoms with Crippen molar-refractivity contribution in [3.05, 3.63) is 29.8 Å². The lowest BCUT2D eigenvalue weighted by Gasteiger charge is -2.19. The van der Waals surface area contributed by atoms with Crippen LogP contribution < -0.4 is 4.74 Å². The number of rotatable bonds is 10. The molecule has 0 aliphatic heterocycles. The van der Waals surface area contributed by atoms with E-state index in [4.69, 9.17) is 14.2 Å². The van der Waals surface area contributed by atoms with Crippen LogP contribution in [0.5, 0.6) is 5.75 Å². The van der Waals surface area contributed by atoms with E-state index in [1.54, 1.807) is 0 Å². The summed E-state index contributed by atoms with van der Waals surface area (Å²) in [4.78, 5) is 0. The monoisotopic (exact) mass is 336 g/mol. The van der Waals surface area contributed by atoms with Gasteiger partial charge in [0.25, 0.3) is 0 Å². The third-order valence-corrected chi connectivity index (χ3v) is 3.79. The van der Waals surface area contributed by atoms with E-state index in [1.807, 2.05) is 12.1 Å². The van der Waals surface area contributed by atoms with Gasteiger partial charge in [0.15, 0.2) is 0 Å². The van der Waals surface area contributed by atoms with Crippen LogP contribution in [0.25, 0.3) is 0 Å². The van der Waals surface area contributed by atoms with Crippen molar-refractivity contribution in [1.29, 1.82) is 0 Å². The van der Waals surface area contributed by atoms with E-state index >= 15 is 0 Å². The van der Waals surface area contributed by atoms with E-state index in [2.05, 4.69) is 53.7 Å². The summed E-state index contributed by atoms with van der Waals surface area (Å²) < 4.78 is 16.9. The Kier molecular flexibility index (Phi) is 8.79. The topological polar surface area (TPSA) is 27.7 Å². The predicted octanol–water partition coefficient (Wildman–Crippen LogP) is 5.22. The fourth-order valence-electron chi connectivity index (χ4n) is 2.10. The van der Waals surface area contributed by atoms with Gasteiger partial charge in [-0.2, -0.15) is 0 Å². The maximum atomic E-state index is 5.74. The zero-order valence-corrected chi connectivity index (χ0v) is 16.5. The van der Waals surface area contributed by atoms with E-state index in [9.17, 15) is 0 Å². The zero-order valence-electron chi connectivity index (χ0n) is 16.5. The van der Waals surface area contributed by atoms with Crippen LogP contribution in [0.1, 0.15) is 59.9 Å². The van der Waals surface area contributed by atoms with Gasteiger partial charge in [-0.05, 0) is 34.9 Å². The summed E-state index contributed by atoms with van der Waals surface area (Å²) in [5.74, 6) is 0.925. The molecule has 24 heavy (non-hydrogen) atoms. The maximum Gasteiger partial charge on any atom is 0.119 e. The maximum absolute atomic E-state index is 5.74. The third kappa shape index (κ3) is 9.94.